The van der Waals surface area contributed by atoms with Crippen molar-refractivity contribution in [2.45, 2.75) is 0 Å². The second kappa shape index (κ2) is 30.3. The van der Waals surface area contributed by atoms with Crippen LogP contribution in [0.4, 0.5) is 68.2 Å². The monoisotopic (exact) mass is 1350 g/mol. The van der Waals surface area contributed by atoms with Gasteiger partial charge in [0.2, 0.25) is 0 Å². The van der Waals surface area contributed by atoms with E-state index in [1.807, 2.05) is 0 Å². The van der Waals surface area contributed by atoms with Crippen molar-refractivity contribution < 1.29 is 0 Å². The predicted octanol–water partition coefficient (Wildman–Crippen LogP) is 28.9. The van der Waals surface area contributed by atoms with Gasteiger partial charge in [-0.2, -0.15) is 0 Å². The number of anilines is 12. The summed E-state index contributed by atoms with van der Waals surface area (Å²) in [6.07, 6.45) is 0. The van der Waals surface area contributed by atoms with Crippen LogP contribution in [0.25, 0.3) is 89.0 Å². The number of hydrogen-bond acceptors (Lipinski definition) is 4. The molecule has 17 aromatic carbocycles. The van der Waals surface area contributed by atoms with E-state index >= 15 is 0 Å². The zero-order valence-corrected chi connectivity index (χ0v) is 58.5. The molecule has 0 unspecified atom stereocenters. The van der Waals surface area contributed by atoms with Gasteiger partial charge in [0.1, 0.15) is 0 Å². The van der Waals surface area contributed by atoms with Crippen LogP contribution in [0.2, 0.25) is 0 Å². The minimum absolute atomic E-state index is 1.06. The molecule has 4 heteroatoms. The SMILES string of the molecule is c1ccc(-c2ccc(N(c3ccccc3)c3ccc(-c4ccc(N(c5ccc(-c6ccccc6)cc5)c5ccc(-c6ccc(N(c7ccc(-c8ccccc8)cc7)c7ccc(-c8ccc(N(c9ccc(-c%10ccccc%10)cc9)c9ccc(-c%10ccccc%10)cc9)cc8)cc7)cc6)cc5)cc4)cc3)cc2)cc1. The summed E-state index contributed by atoms with van der Waals surface area (Å²) in [5, 5.41) is 0. The molecule has 0 radical (unpaired) electrons. The minimum atomic E-state index is 1.06. The summed E-state index contributed by atoms with van der Waals surface area (Å²) in [6.45, 7) is 0. The van der Waals surface area contributed by atoms with Crippen molar-refractivity contribution in [3.8, 4) is 89.0 Å². The van der Waals surface area contributed by atoms with E-state index in [2.05, 4.69) is 469 Å². The van der Waals surface area contributed by atoms with Crippen molar-refractivity contribution in [2.75, 3.05) is 19.6 Å². The van der Waals surface area contributed by atoms with Gasteiger partial charge in [-0.25, -0.2) is 0 Å². The molecule has 0 heterocycles. The summed E-state index contributed by atoms with van der Waals surface area (Å²) in [6, 6.07) is 162. The van der Waals surface area contributed by atoms with E-state index in [1.165, 1.54) is 55.6 Å². The van der Waals surface area contributed by atoms with Crippen LogP contribution in [0.5, 0.6) is 0 Å². The third-order valence-electron chi connectivity index (χ3n) is 19.9. The van der Waals surface area contributed by atoms with E-state index in [4.69, 9.17) is 0 Å². The second-order valence-electron chi connectivity index (χ2n) is 26.5. The molecule has 0 N–H and O–H groups in total. The lowest BCUT2D eigenvalue weighted by Crippen LogP contribution is -2.10. The maximum atomic E-state index is 2.35. The fourth-order valence-corrected chi connectivity index (χ4v) is 14.4. The van der Waals surface area contributed by atoms with Crippen LogP contribution in [0.15, 0.2) is 449 Å². The van der Waals surface area contributed by atoms with Gasteiger partial charge >= 0.3 is 0 Å². The van der Waals surface area contributed by atoms with Gasteiger partial charge in [-0.1, -0.05) is 303 Å². The highest BCUT2D eigenvalue weighted by Crippen LogP contribution is 2.44. The molecule has 0 atom stereocenters. The molecule has 0 amide bonds. The first kappa shape index (κ1) is 65.3. The van der Waals surface area contributed by atoms with Crippen LogP contribution in [0, 0.1) is 0 Å². The maximum absolute atomic E-state index is 2.35. The summed E-state index contributed by atoms with van der Waals surface area (Å²) >= 11 is 0. The number of para-hydroxylation sites is 1. The average Bonchev–Trinajstić information content (AvgIpc) is 0.819. The number of nitrogens with zero attached hydrogens (tertiary/aromatic N) is 4. The zero-order chi connectivity index (χ0) is 70.8. The van der Waals surface area contributed by atoms with E-state index < -0.39 is 0 Å². The molecule has 0 bridgehead atoms. The Labute approximate surface area is 621 Å². The Morgan fingerprint density at radius 2 is 0.160 bits per heavy atom. The zero-order valence-electron chi connectivity index (χ0n) is 58.5. The van der Waals surface area contributed by atoms with Gasteiger partial charge in [-0.3, -0.25) is 0 Å². The Bertz CT molecular complexity index is 5590. The molecule has 4 nitrogen and oxygen atoms in total. The van der Waals surface area contributed by atoms with E-state index in [0.29, 0.717) is 0 Å². The first-order valence-electron chi connectivity index (χ1n) is 36.2. The quantitative estimate of drug-likeness (QED) is 0.0754. The van der Waals surface area contributed by atoms with Crippen molar-refractivity contribution >= 4 is 68.2 Å². The molecule has 0 fully saturated rings. The van der Waals surface area contributed by atoms with Crippen LogP contribution in [-0.2, 0) is 0 Å². The largest absolute Gasteiger partial charge is 0.311 e. The first-order valence-corrected chi connectivity index (χ1v) is 36.2. The molecule has 17 aromatic rings. The molecular formula is C102H74N4. The summed E-state index contributed by atoms with van der Waals surface area (Å²) in [4.78, 5) is 9.36. The van der Waals surface area contributed by atoms with Crippen LogP contribution >= 0.6 is 0 Å². The lowest BCUT2D eigenvalue weighted by Gasteiger charge is -2.27. The normalized spacial score (nSPS) is 11.0. The lowest BCUT2D eigenvalue weighted by molar-refractivity contribution is 1.28. The molecule has 0 aliphatic rings. The molecule has 0 saturated carbocycles. The Morgan fingerprint density at radius 1 is 0.0755 bits per heavy atom. The fraction of sp³-hybridized carbons (Fsp3) is 0. The summed E-state index contributed by atoms with van der Waals surface area (Å²) in [7, 11) is 0. The van der Waals surface area contributed by atoms with Crippen LogP contribution in [0.1, 0.15) is 0 Å². The number of benzene rings is 17. The van der Waals surface area contributed by atoms with E-state index in [1.54, 1.807) is 0 Å². The van der Waals surface area contributed by atoms with Crippen molar-refractivity contribution in [3.63, 3.8) is 0 Å². The van der Waals surface area contributed by atoms with Gasteiger partial charge in [-0.05, 0) is 235 Å². The summed E-state index contributed by atoms with van der Waals surface area (Å²) in [5.41, 5.74) is 31.6. The predicted molar refractivity (Wildman–Crippen MR) is 449 cm³/mol. The topological polar surface area (TPSA) is 13.0 Å². The molecule has 106 heavy (non-hydrogen) atoms. The molecule has 0 aliphatic carbocycles. The Hall–Kier alpha value is -14.1. The van der Waals surface area contributed by atoms with E-state index in [9.17, 15) is 0 Å². The molecular weight excluding hydrogens is 1280 g/mol. The summed E-state index contributed by atoms with van der Waals surface area (Å²) < 4.78 is 0. The van der Waals surface area contributed by atoms with Gasteiger partial charge in [0, 0.05) is 68.2 Å². The van der Waals surface area contributed by atoms with Crippen molar-refractivity contribution in [3.05, 3.63) is 449 Å². The van der Waals surface area contributed by atoms with E-state index in [0.717, 1.165) is 102 Å². The van der Waals surface area contributed by atoms with Gasteiger partial charge < -0.3 is 19.6 Å². The highest BCUT2D eigenvalue weighted by Gasteiger charge is 2.20. The smallest absolute Gasteiger partial charge is 0.0462 e. The molecule has 0 aliphatic heterocycles. The molecule has 502 valence electrons. The van der Waals surface area contributed by atoms with Crippen molar-refractivity contribution in [1.82, 2.24) is 0 Å². The second-order valence-corrected chi connectivity index (χ2v) is 26.5. The highest BCUT2D eigenvalue weighted by molar-refractivity contribution is 5.87. The molecule has 0 spiro atoms. The van der Waals surface area contributed by atoms with Crippen LogP contribution in [0.3, 0.4) is 0 Å². The molecule has 0 aromatic heterocycles. The Morgan fingerprint density at radius 3 is 0.274 bits per heavy atom. The van der Waals surface area contributed by atoms with Crippen molar-refractivity contribution in [1.29, 1.82) is 0 Å². The fourth-order valence-electron chi connectivity index (χ4n) is 14.4. The lowest BCUT2D eigenvalue weighted by atomic mass is 10.0. The van der Waals surface area contributed by atoms with Crippen LogP contribution < -0.4 is 19.6 Å². The Balaban J connectivity index is 0.645. The summed E-state index contributed by atoms with van der Waals surface area (Å²) in [5.74, 6) is 0. The van der Waals surface area contributed by atoms with Gasteiger partial charge in [0.15, 0.2) is 0 Å². The van der Waals surface area contributed by atoms with Crippen molar-refractivity contribution in [2.24, 2.45) is 0 Å². The average molecular weight is 1360 g/mol. The highest BCUT2D eigenvalue weighted by atomic mass is 15.2. The Kier molecular flexibility index (Phi) is 18.6. The van der Waals surface area contributed by atoms with Gasteiger partial charge in [0.25, 0.3) is 0 Å². The number of hydrogen-bond donors (Lipinski definition) is 0. The maximum Gasteiger partial charge on any atom is 0.0462 e. The van der Waals surface area contributed by atoms with Crippen LogP contribution in [-0.4, -0.2) is 0 Å². The van der Waals surface area contributed by atoms with E-state index in [-0.39, 0.29) is 0 Å². The van der Waals surface area contributed by atoms with Gasteiger partial charge in [-0.15, -0.1) is 0 Å². The molecule has 0 saturated heterocycles. The third-order valence-corrected chi connectivity index (χ3v) is 19.9. The first-order chi connectivity index (χ1) is 52.5. The third kappa shape index (κ3) is 14.2. The standard InChI is InChI=1S/C102H74N4/c1-7-19-75(20-8-1)80-31-53-92(54-32-80)103(91-29-17-6-18-30-91)93-63-41-85(42-64-93)86-43-67-99(68-44-86)105(96-59-37-83(38-60-96)78-25-13-4-14-26-78)100-71-49-89(50-72-100)90-51-73-102(74-52-90)106(97-61-39-84(40-62-97)79-27-15-5-16-28-79)101-69-47-88(48-70-101)87-45-65-98(66-46-87)104(94-55-33-81(34-56-94)76-21-9-2-10-22-76)95-57-35-82(36-58-95)77-23-11-3-12-24-77/h1-74H. The number of rotatable bonds is 20. The minimum Gasteiger partial charge on any atom is -0.311 e. The van der Waals surface area contributed by atoms with Gasteiger partial charge in [0.05, 0.1) is 0 Å². The molecule has 17 rings (SSSR count).